The molecule has 0 radical (unpaired) electrons. The zero-order valence-corrected chi connectivity index (χ0v) is 27.2. The summed E-state index contributed by atoms with van der Waals surface area (Å²) in [5.41, 5.74) is 2.98. The van der Waals surface area contributed by atoms with Crippen LogP contribution in [0.15, 0.2) is 92.0 Å². The van der Waals surface area contributed by atoms with Gasteiger partial charge in [0.05, 0.1) is 44.7 Å². The monoisotopic (exact) mass is 646 g/mol. The molecule has 0 amide bonds. The minimum absolute atomic E-state index is 0.345. The summed E-state index contributed by atoms with van der Waals surface area (Å²) >= 11 is 0. The minimum Gasteiger partial charge on any atom is -0.494 e. The van der Waals surface area contributed by atoms with Gasteiger partial charge in [0.2, 0.25) is 0 Å². The second-order valence-electron chi connectivity index (χ2n) is 10.1. The number of hydrogen-bond donors (Lipinski definition) is 0. The molecule has 0 bridgehead atoms. The van der Waals surface area contributed by atoms with E-state index in [-0.39, 0.29) is 5.97 Å². The quantitative estimate of drug-likeness (QED) is 0.0510. The van der Waals surface area contributed by atoms with Gasteiger partial charge in [-0.15, -0.1) is 0 Å². The van der Waals surface area contributed by atoms with Crippen LogP contribution >= 0.6 is 0 Å². The molecule has 0 atom stereocenters. The van der Waals surface area contributed by atoms with E-state index < -0.39 is 17.9 Å². The maximum absolute atomic E-state index is 12.3. The maximum Gasteiger partial charge on any atom is 0.343 e. The van der Waals surface area contributed by atoms with Crippen molar-refractivity contribution < 1.29 is 47.6 Å². The lowest BCUT2D eigenvalue weighted by Crippen LogP contribution is -2.09. The maximum atomic E-state index is 12.3. The Kier molecular flexibility index (Phi) is 17.2. The third kappa shape index (κ3) is 15.0. The fourth-order valence-corrected chi connectivity index (χ4v) is 3.82. The van der Waals surface area contributed by atoms with Crippen LogP contribution in [0.2, 0.25) is 0 Å². The van der Waals surface area contributed by atoms with Crippen molar-refractivity contribution in [2.45, 2.75) is 39.5 Å². The predicted molar refractivity (Wildman–Crippen MR) is 177 cm³/mol. The average molecular weight is 647 g/mol. The SMILES string of the molecule is C=CC(=O)OCCCCOc1ccc(C(=O)OC)cc1.C=CC(=O)OCCCCOc1ccc(C(=O)Oc2ccc(C)cc2C)cc1. The first-order valence-corrected chi connectivity index (χ1v) is 15.1. The summed E-state index contributed by atoms with van der Waals surface area (Å²) < 4.78 is 30.9. The Bertz CT molecular complexity index is 1460. The number of rotatable bonds is 17. The summed E-state index contributed by atoms with van der Waals surface area (Å²) in [5.74, 6) is 0.298. The molecule has 10 heteroatoms. The van der Waals surface area contributed by atoms with E-state index in [1.165, 1.54) is 7.11 Å². The summed E-state index contributed by atoms with van der Waals surface area (Å²) in [5, 5.41) is 0. The normalized spacial score (nSPS) is 9.94. The van der Waals surface area contributed by atoms with Crippen LogP contribution in [0.25, 0.3) is 0 Å². The Balaban J connectivity index is 0.000000343. The van der Waals surface area contributed by atoms with Crippen molar-refractivity contribution in [3.63, 3.8) is 0 Å². The van der Waals surface area contributed by atoms with Gasteiger partial charge in [-0.1, -0.05) is 30.9 Å². The van der Waals surface area contributed by atoms with Crippen LogP contribution in [0, 0.1) is 13.8 Å². The summed E-state index contributed by atoms with van der Waals surface area (Å²) in [6.07, 6.45) is 5.23. The number of carbonyl (C=O) groups is 4. The molecule has 250 valence electrons. The molecule has 0 aliphatic heterocycles. The van der Waals surface area contributed by atoms with Gasteiger partial charge in [0.15, 0.2) is 0 Å². The molecule has 3 aromatic rings. The minimum atomic E-state index is -0.417. The molecule has 0 fully saturated rings. The number of ether oxygens (including phenoxy) is 6. The van der Waals surface area contributed by atoms with Gasteiger partial charge in [-0.05, 0) is 99.7 Å². The zero-order valence-electron chi connectivity index (χ0n) is 27.2. The van der Waals surface area contributed by atoms with Gasteiger partial charge in [-0.25, -0.2) is 19.2 Å². The lowest BCUT2D eigenvalue weighted by molar-refractivity contribution is -0.138. The van der Waals surface area contributed by atoms with Crippen LogP contribution in [0.1, 0.15) is 57.5 Å². The Hall–Kier alpha value is -5.38. The van der Waals surface area contributed by atoms with Crippen LogP contribution in [0.4, 0.5) is 0 Å². The van der Waals surface area contributed by atoms with E-state index >= 15 is 0 Å². The van der Waals surface area contributed by atoms with E-state index in [9.17, 15) is 19.2 Å². The molecule has 0 saturated carbocycles. The van der Waals surface area contributed by atoms with Gasteiger partial charge in [-0.3, -0.25) is 0 Å². The summed E-state index contributed by atoms with van der Waals surface area (Å²) in [6, 6.07) is 19.2. The summed E-state index contributed by atoms with van der Waals surface area (Å²) in [7, 11) is 1.34. The van der Waals surface area contributed by atoms with E-state index in [0.29, 0.717) is 61.2 Å². The largest absolute Gasteiger partial charge is 0.494 e. The average Bonchev–Trinajstić information content (AvgIpc) is 3.09. The predicted octanol–water partition coefficient (Wildman–Crippen LogP) is 6.77. The molecule has 0 aliphatic rings. The highest BCUT2D eigenvalue weighted by atomic mass is 16.5. The molecule has 0 heterocycles. The summed E-state index contributed by atoms with van der Waals surface area (Å²) in [6.45, 7) is 12.3. The lowest BCUT2D eigenvalue weighted by atomic mass is 10.1. The standard InChI is InChI=1S/C22H24O5.C15H18O5/c1-4-21(23)26-14-6-5-13-25-19-10-8-18(9-11-19)22(24)27-20-12-7-16(2)15-17(20)3;1-3-14(16)20-11-5-4-10-19-13-8-6-12(7-9-13)15(17)18-2/h4,7-12,15H,1,5-6,13-14H2,2-3H3;3,6-9H,1,4-5,10-11H2,2H3. The lowest BCUT2D eigenvalue weighted by Gasteiger charge is -2.09. The topological polar surface area (TPSA) is 124 Å². The molecule has 0 N–H and O–H groups in total. The Labute approximate surface area is 275 Å². The van der Waals surface area contributed by atoms with Crippen molar-refractivity contribution in [1.82, 2.24) is 0 Å². The van der Waals surface area contributed by atoms with E-state index in [0.717, 1.165) is 42.5 Å². The van der Waals surface area contributed by atoms with Gasteiger partial charge in [0.1, 0.15) is 17.2 Å². The van der Waals surface area contributed by atoms with Crippen molar-refractivity contribution in [2.24, 2.45) is 0 Å². The summed E-state index contributed by atoms with van der Waals surface area (Å²) in [4.78, 5) is 45.1. The molecule has 0 saturated heterocycles. The third-order valence-electron chi connectivity index (χ3n) is 6.34. The highest BCUT2D eigenvalue weighted by molar-refractivity contribution is 5.91. The fraction of sp³-hybridized carbons (Fsp3) is 0.297. The molecule has 47 heavy (non-hydrogen) atoms. The number of unbranched alkanes of at least 4 members (excludes halogenated alkanes) is 2. The molecule has 0 aromatic heterocycles. The molecule has 3 aromatic carbocycles. The van der Waals surface area contributed by atoms with Crippen LogP contribution in [0.5, 0.6) is 17.2 Å². The Morgan fingerprint density at radius 3 is 1.49 bits per heavy atom. The van der Waals surface area contributed by atoms with Crippen LogP contribution in [0.3, 0.4) is 0 Å². The van der Waals surface area contributed by atoms with E-state index in [4.69, 9.17) is 23.7 Å². The van der Waals surface area contributed by atoms with Gasteiger partial charge in [0.25, 0.3) is 0 Å². The second kappa shape index (κ2) is 21.4. The van der Waals surface area contributed by atoms with E-state index in [1.807, 2.05) is 26.0 Å². The van der Waals surface area contributed by atoms with Crippen molar-refractivity contribution in [3.8, 4) is 17.2 Å². The zero-order chi connectivity index (χ0) is 34.4. The van der Waals surface area contributed by atoms with E-state index in [1.54, 1.807) is 54.6 Å². The first-order valence-electron chi connectivity index (χ1n) is 15.1. The van der Waals surface area contributed by atoms with Crippen LogP contribution in [-0.2, 0) is 23.8 Å². The van der Waals surface area contributed by atoms with Gasteiger partial charge < -0.3 is 28.4 Å². The van der Waals surface area contributed by atoms with E-state index in [2.05, 4.69) is 17.9 Å². The molecule has 0 aliphatic carbocycles. The fourth-order valence-electron chi connectivity index (χ4n) is 3.82. The number of aryl methyl sites for hydroxylation is 2. The van der Waals surface area contributed by atoms with Crippen molar-refractivity contribution >= 4 is 23.9 Å². The number of esters is 4. The molecule has 0 unspecified atom stereocenters. The Morgan fingerprint density at radius 1 is 0.617 bits per heavy atom. The number of benzene rings is 3. The highest BCUT2D eigenvalue weighted by Crippen LogP contribution is 2.21. The first kappa shape index (κ1) is 37.8. The number of hydrogen-bond acceptors (Lipinski definition) is 10. The molecular weight excluding hydrogens is 604 g/mol. The molecule has 0 spiro atoms. The highest BCUT2D eigenvalue weighted by Gasteiger charge is 2.11. The van der Waals surface area contributed by atoms with Crippen LogP contribution < -0.4 is 14.2 Å². The Morgan fingerprint density at radius 2 is 1.06 bits per heavy atom. The van der Waals surface area contributed by atoms with Gasteiger partial charge >= 0.3 is 23.9 Å². The van der Waals surface area contributed by atoms with Crippen molar-refractivity contribution in [1.29, 1.82) is 0 Å². The number of carbonyl (C=O) groups excluding carboxylic acids is 4. The smallest absolute Gasteiger partial charge is 0.343 e. The van der Waals surface area contributed by atoms with Gasteiger partial charge in [-0.2, -0.15) is 0 Å². The first-order chi connectivity index (χ1) is 22.7. The number of methoxy groups -OCH3 is 1. The molecule has 10 nitrogen and oxygen atoms in total. The van der Waals surface area contributed by atoms with Crippen LogP contribution in [-0.4, -0.2) is 57.4 Å². The molecular formula is C37H42O10. The second-order valence-corrected chi connectivity index (χ2v) is 10.1. The third-order valence-corrected chi connectivity index (χ3v) is 6.34. The van der Waals surface area contributed by atoms with Crippen molar-refractivity contribution in [3.05, 3.63) is 114 Å². The van der Waals surface area contributed by atoms with Crippen molar-refractivity contribution in [2.75, 3.05) is 33.5 Å². The molecule has 3 rings (SSSR count). The van der Waals surface area contributed by atoms with Gasteiger partial charge in [0, 0.05) is 12.2 Å².